The summed E-state index contributed by atoms with van der Waals surface area (Å²) in [6, 6.07) is 0. The smallest absolute Gasteiger partial charge is 0.179 e. The molecule has 0 fully saturated rings. The Kier molecular flexibility index (Phi) is 4.22. The van der Waals surface area contributed by atoms with Gasteiger partial charge in [0.2, 0.25) is 0 Å². The fourth-order valence-corrected chi connectivity index (χ4v) is 2.71. The van der Waals surface area contributed by atoms with Gasteiger partial charge in [-0.05, 0) is 25.1 Å². The summed E-state index contributed by atoms with van der Waals surface area (Å²) < 4.78 is 4.96. The monoisotopic (exact) mass is 266 g/mol. The fourth-order valence-electron chi connectivity index (χ4n) is 2.43. The third-order valence-electron chi connectivity index (χ3n) is 3.39. The number of imidazole rings is 1. The van der Waals surface area contributed by atoms with Crippen LogP contribution >= 0.6 is 12.2 Å². The van der Waals surface area contributed by atoms with Crippen LogP contribution in [0.15, 0.2) is 0 Å². The summed E-state index contributed by atoms with van der Waals surface area (Å²) in [5, 5.41) is 4.53. The maximum Gasteiger partial charge on any atom is 0.179 e. The number of H-pyrrole nitrogens is 1. The standard InChI is InChI=1S/C13H22N4S/c1-4-6-7-8-9-17-12-11(14-13(17)18)10(5-2)15-16(12)3/h4-9H2,1-3H3,(H,14,18). The van der Waals surface area contributed by atoms with Gasteiger partial charge in [0, 0.05) is 13.6 Å². The lowest BCUT2D eigenvalue weighted by atomic mass is 10.2. The molecule has 2 aromatic heterocycles. The van der Waals surface area contributed by atoms with Crippen LogP contribution in [0.2, 0.25) is 0 Å². The SMILES string of the molecule is CCCCCCn1c(=S)[nH]c2c(CC)nn(C)c21. The van der Waals surface area contributed by atoms with E-state index in [1.54, 1.807) is 0 Å². The van der Waals surface area contributed by atoms with Crippen LogP contribution in [0.1, 0.15) is 45.2 Å². The molecule has 0 aliphatic rings. The van der Waals surface area contributed by atoms with Gasteiger partial charge in [0.05, 0.1) is 5.69 Å². The predicted octanol–water partition coefficient (Wildman–Crippen LogP) is 3.58. The Bertz CT molecular complexity index is 576. The fraction of sp³-hybridized carbons (Fsp3) is 0.692. The molecular weight excluding hydrogens is 244 g/mol. The molecule has 100 valence electrons. The second kappa shape index (κ2) is 5.69. The Morgan fingerprint density at radius 1 is 1.22 bits per heavy atom. The minimum absolute atomic E-state index is 0.823. The van der Waals surface area contributed by atoms with Crippen molar-refractivity contribution in [1.82, 2.24) is 19.3 Å². The molecular formula is C13H22N4S. The largest absolute Gasteiger partial charge is 0.328 e. The maximum atomic E-state index is 5.42. The molecule has 0 saturated heterocycles. The molecule has 0 amide bonds. The predicted molar refractivity (Wildman–Crippen MR) is 77.4 cm³/mol. The van der Waals surface area contributed by atoms with E-state index in [1.165, 1.54) is 25.7 Å². The third-order valence-corrected chi connectivity index (χ3v) is 3.71. The van der Waals surface area contributed by atoms with Gasteiger partial charge in [-0.3, -0.25) is 4.68 Å². The zero-order chi connectivity index (χ0) is 13.1. The van der Waals surface area contributed by atoms with Crippen LogP contribution in [0.4, 0.5) is 0 Å². The molecule has 0 saturated carbocycles. The second-order valence-corrected chi connectivity index (χ2v) is 5.15. The van der Waals surface area contributed by atoms with Crippen LogP contribution in [-0.4, -0.2) is 19.3 Å². The molecule has 0 radical (unpaired) electrons. The van der Waals surface area contributed by atoms with E-state index in [4.69, 9.17) is 12.2 Å². The number of fused-ring (bicyclic) bond motifs is 1. The van der Waals surface area contributed by atoms with Crippen molar-refractivity contribution < 1.29 is 0 Å². The van der Waals surface area contributed by atoms with Crippen molar-refractivity contribution in [3.63, 3.8) is 0 Å². The van der Waals surface area contributed by atoms with E-state index in [2.05, 4.69) is 28.5 Å². The van der Waals surface area contributed by atoms with E-state index >= 15 is 0 Å². The van der Waals surface area contributed by atoms with Crippen molar-refractivity contribution in [1.29, 1.82) is 0 Å². The number of aryl methyl sites for hydroxylation is 3. The zero-order valence-electron chi connectivity index (χ0n) is 11.5. The van der Waals surface area contributed by atoms with Crippen LogP contribution in [0.25, 0.3) is 11.2 Å². The molecule has 4 nitrogen and oxygen atoms in total. The zero-order valence-corrected chi connectivity index (χ0v) is 12.3. The van der Waals surface area contributed by atoms with E-state index < -0.39 is 0 Å². The Balaban J connectivity index is 2.29. The first-order chi connectivity index (χ1) is 8.69. The molecule has 0 spiro atoms. The lowest BCUT2D eigenvalue weighted by molar-refractivity contribution is 0.576. The molecule has 2 aromatic rings. The van der Waals surface area contributed by atoms with Crippen molar-refractivity contribution in [2.45, 2.75) is 52.5 Å². The molecule has 5 heteroatoms. The first kappa shape index (κ1) is 13.3. The number of aromatic amines is 1. The van der Waals surface area contributed by atoms with E-state index in [1.807, 2.05) is 11.7 Å². The summed E-state index contributed by atoms with van der Waals surface area (Å²) >= 11 is 5.42. The van der Waals surface area contributed by atoms with Gasteiger partial charge in [-0.1, -0.05) is 33.1 Å². The molecule has 18 heavy (non-hydrogen) atoms. The first-order valence-electron chi connectivity index (χ1n) is 6.83. The number of nitrogens with zero attached hydrogens (tertiary/aromatic N) is 3. The third kappa shape index (κ3) is 2.36. The second-order valence-electron chi connectivity index (χ2n) is 4.76. The molecule has 2 rings (SSSR count). The Hall–Kier alpha value is -1.10. The van der Waals surface area contributed by atoms with Crippen LogP contribution < -0.4 is 0 Å². The van der Waals surface area contributed by atoms with Gasteiger partial charge in [0.15, 0.2) is 10.4 Å². The highest BCUT2D eigenvalue weighted by atomic mass is 32.1. The lowest BCUT2D eigenvalue weighted by Gasteiger charge is -2.04. The van der Waals surface area contributed by atoms with E-state index in [0.29, 0.717) is 0 Å². The van der Waals surface area contributed by atoms with Crippen molar-refractivity contribution in [3.8, 4) is 0 Å². The van der Waals surface area contributed by atoms with Gasteiger partial charge in [0.1, 0.15) is 5.52 Å². The van der Waals surface area contributed by atoms with E-state index in [-0.39, 0.29) is 0 Å². The van der Waals surface area contributed by atoms with E-state index in [0.717, 1.165) is 34.6 Å². The highest BCUT2D eigenvalue weighted by molar-refractivity contribution is 7.71. The highest BCUT2D eigenvalue weighted by Gasteiger charge is 2.13. The Morgan fingerprint density at radius 3 is 2.67 bits per heavy atom. The maximum absolute atomic E-state index is 5.42. The van der Waals surface area contributed by atoms with Gasteiger partial charge >= 0.3 is 0 Å². The van der Waals surface area contributed by atoms with Crippen LogP contribution in [-0.2, 0) is 20.0 Å². The summed E-state index contributed by atoms with van der Waals surface area (Å²) in [5.41, 5.74) is 3.35. The summed E-state index contributed by atoms with van der Waals surface area (Å²) in [7, 11) is 1.99. The lowest BCUT2D eigenvalue weighted by Crippen LogP contribution is -2.03. The van der Waals surface area contributed by atoms with Crippen LogP contribution in [0.3, 0.4) is 0 Å². The molecule has 0 aromatic carbocycles. The molecule has 0 aliphatic carbocycles. The summed E-state index contributed by atoms with van der Waals surface area (Å²) in [6.45, 7) is 5.34. The molecule has 0 unspecified atom stereocenters. The number of aromatic nitrogens is 4. The van der Waals surface area contributed by atoms with Crippen LogP contribution in [0.5, 0.6) is 0 Å². The highest BCUT2D eigenvalue weighted by Crippen LogP contribution is 2.19. The number of hydrogen-bond donors (Lipinski definition) is 1. The summed E-state index contributed by atoms with van der Waals surface area (Å²) in [4.78, 5) is 3.30. The van der Waals surface area contributed by atoms with Crippen molar-refractivity contribution in [2.75, 3.05) is 0 Å². The Morgan fingerprint density at radius 2 is 2.00 bits per heavy atom. The van der Waals surface area contributed by atoms with Gasteiger partial charge in [-0.15, -0.1) is 0 Å². The van der Waals surface area contributed by atoms with Crippen molar-refractivity contribution in [2.24, 2.45) is 7.05 Å². The minimum Gasteiger partial charge on any atom is -0.328 e. The molecule has 2 heterocycles. The van der Waals surface area contributed by atoms with Crippen LogP contribution in [0, 0.1) is 4.77 Å². The Labute approximate surface area is 113 Å². The molecule has 0 atom stereocenters. The van der Waals surface area contributed by atoms with E-state index in [9.17, 15) is 0 Å². The average molecular weight is 266 g/mol. The van der Waals surface area contributed by atoms with Crippen molar-refractivity contribution in [3.05, 3.63) is 10.5 Å². The topological polar surface area (TPSA) is 38.5 Å². The number of nitrogens with one attached hydrogen (secondary N) is 1. The molecule has 0 bridgehead atoms. The first-order valence-corrected chi connectivity index (χ1v) is 7.24. The number of unbranched alkanes of at least 4 members (excludes halogenated alkanes) is 3. The van der Waals surface area contributed by atoms with Gasteiger partial charge < -0.3 is 9.55 Å². The van der Waals surface area contributed by atoms with Gasteiger partial charge in [-0.25, -0.2) is 0 Å². The average Bonchev–Trinajstić information content (AvgIpc) is 2.83. The quantitative estimate of drug-likeness (QED) is 0.641. The summed E-state index contributed by atoms with van der Waals surface area (Å²) in [5.74, 6) is 0. The number of rotatable bonds is 6. The minimum atomic E-state index is 0.823. The molecule has 1 N–H and O–H groups in total. The van der Waals surface area contributed by atoms with Crippen molar-refractivity contribution >= 4 is 23.4 Å². The summed E-state index contributed by atoms with van der Waals surface area (Å²) in [6.07, 6.45) is 5.94. The number of hydrogen-bond acceptors (Lipinski definition) is 2. The molecule has 0 aliphatic heterocycles. The van der Waals surface area contributed by atoms with Gasteiger partial charge in [0.25, 0.3) is 0 Å². The van der Waals surface area contributed by atoms with Gasteiger partial charge in [-0.2, -0.15) is 5.10 Å². The normalized spacial score (nSPS) is 11.5.